The van der Waals surface area contributed by atoms with Crippen LogP contribution in [-0.2, 0) is 6.54 Å². The molecule has 1 aliphatic heterocycles. The van der Waals surface area contributed by atoms with Gasteiger partial charge in [-0.1, -0.05) is 37.3 Å². The Balaban J connectivity index is 1.48. The second-order valence-electron chi connectivity index (χ2n) is 8.82. The minimum atomic E-state index is 0.301. The highest BCUT2D eigenvalue weighted by atomic mass is 16.4. The fourth-order valence-corrected chi connectivity index (χ4v) is 4.05. The number of aryl methyl sites for hydroxylation is 2. The molecule has 0 saturated carbocycles. The summed E-state index contributed by atoms with van der Waals surface area (Å²) in [6.07, 6.45) is 2.33. The molecule has 2 unspecified atom stereocenters. The van der Waals surface area contributed by atoms with Crippen LogP contribution in [0.4, 0.5) is 0 Å². The molecule has 1 aromatic carbocycles. The highest BCUT2D eigenvalue weighted by molar-refractivity contribution is 5.80. The molecule has 1 saturated heterocycles. The van der Waals surface area contributed by atoms with Crippen LogP contribution in [0.1, 0.15) is 62.4 Å². The Bertz CT molecular complexity index is 804. The SMILES string of the molecule is CCNC(=NCC1CCN(Cc2nc(C)c(C)o2)CC1)NC(C)C(C)c1ccccc1. The van der Waals surface area contributed by atoms with Gasteiger partial charge in [0.1, 0.15) is 5.76 Å². The van der Waals surface area contributed by atoms with Crippen LogP contribution in [0.25, 0.3) is 0 Å². The minimum absolute atomic E-state index is 0.301. The van der Waals surface area contributed by atoms with E-state index in [1.165, 1.54) is 5.56 Å². The number of aromatic nitrogens is 1. The number of hydrogen-bond donors (Lipinski definition) is 2. The Morgan fingerprint density at radius 1 is 1.19 bits per heavy atom. The number of oxazole rings is 1. The first-order chi connectivity index (χ1) is 15.0. The van der Waals surface area contributed by atoms with Gasteiger partial charge in [-0.05, 0) is 65.1 Å². The Morgan fingerprint density at radius 2 is 1.90 bits per heavy atom. The molecule has 6 nitrogen and oxygen atoms in total. The zero-order valence-corrected chi connectivity index (χ0v) is 19.8. The van der Waals surface area contributed by atoms with E-state index in [0.717, 1.165) is 68.9 Å². The number of benzene rings is 1. The van der Waals surface area contributed by atoms with Crippen molar-refractivity contribution in [3.8, 4) is 0 Å². The highest BCUT2D eigenvalue weighted by Gasteiger charge is 2.21. The van der Waals surface area contributed by atoms with Crippen molar-refractivity contribution in [3.63, 3.8) is 0 Å². The lowest BCUT2D eigenvalue weighted by Gasteiger charge is -2.30. The van der Waals surface area contributed by atoms with Crippen molar-refractivity contribution in [2.24, 2.45) is 10.9 Å². The maximum absolute atomic E-state index is 5.75. The van der Waals surface area contributed by atoms with E-state index in [2.05, 4.69) is 71.6 Å². The molecule has 3 rings (SSSR count). The van der Waals surface area contributed by atoms with E-state index in [-0.39, 0.29) is 0 Å². The van der Waals surface area contributed by atoms with Gasteiger partial charge in [-0.3, -0.25) is 9.89 Å². The summed E-state index contributed by atoms with van der Waals surface area (Å²) in [7, 11) is 0. The van der Waals surface area contributed by atoms with E-state index in [4.69, 9.17) is 9.41 Å². The summed E-state index contributed by atoms with van der Waals surface area (Å²) >= 11 is 0. The summed E-state index contributed by atoms with van der Waals surface area (Å²) in [4.78, 5) is 11.9. The number of rotatable bonds is 8. The lowest BCUT2D eigenvalue weighted by molar-refractivity contribution is 0.166. The Morgan fingerprint density at radius 3 is 2.52 bits per heavy atom. The van der Waals surface area contributed by atoms with E-state index >= 15 is 0 Å². The number of piperidine rings is 1. The molecule has 1 fully saturated rings. The van der Waals surface area contributed by atoms with E-state index < -0.39 is 0 Å². The van der Waals surface area contributed by atoms with E-state index in [0.29, 0.717) is 17.9 Å². The zero-order valence-electron chi connectivity index (χ0n) is 19.8. The third kappa shape index (κ3) is 6.82. The van der Waals surface area contributed by atoms with Crippen LogP contribution in [0, 0.1) is 19.8 Å². The molecule has 2 N–H and O–H groups in total. The van der Waals surface area contributed by atoms with Gasteiger partial charge in [0.25, 0.3) is 0 Å². The van der Waals surface area contributed by atoms with Gasteiger partial charge in [-0.25, -0.2) is 4.98 Å². The topological polar surface area (TPSA) is 65.7 Å². The summed E-state index contributed by atoms with van der Waals surface area (Å²) in [5.74, 6) is 3.73. The Hall–Kier alpha value is -2.34. The molecule has 2 heterocycles. The summed E-state index contributed by atoms with van der Waals surface area (Å²) in [6.45, 7) is 15.3. The largest absolute Gasteiger partial charge is 0.444 e. The molecular weight excluding hydrogens is 386 g/mol. The van der Waals surface area contributed by atoms with Crippen molar-refractivity contribution in [1.82, 2.24) is 20.5 Å². The maximum Gasteiger partial charge on any atom is 0.208 e. The van der Waals surface area contributed by atoms with Gasteiger partial charge in [0.15, 0.2) is 5.96 Å². The van der Waals surface area contributed by atoms with Crippen molar-refractivity contribution in [2.45, 2.75) is 66.0 Å². The summed E-state index contributed by atoms with van der Waals surface area (Å²) < 4.78 is 5.75. The van der Waals surface area contributed by atoms with Crippen LogP contribution < -0.4 is 10.6 Å². The Kier molecular flexibility index (Phi) is 8.52. The van der Waals surface area contributed by atoms with Crippen molar-refractivity contribution in [3.05, 3.63) is 53.2 Å². The molecule has 6 heteroatoms. The molecule has 1 aromatic heterocycles. The number of nitrogens with zero attached hydrogens (tertiary/aromatic N) is 3. The van der Waals surface area contributed by atoms with Gasteiger partial charge in [0.2, 0.25) is 5.89 Å². The fraction of sp³-hybridized carbons (Fsp3) is 0.600. The third-order valence-electron chi connectivity index (χ3n) is 6.43. The molecule has 0 radical (unpaired) electrons. The quantitative estimate of drug-likeness (QED) is 0.489. The lowest BCUT2D eigenvalue weighted by atomic mass is 9.94. The van der Waals surface area contributed by atoms with Crippen LogP contribution in [-0.4, -0.2) is 48.1 Å². The lowest BCUT2D eigenvalue weighted by Crippen LogP contribution is -2.44. The molecule has 2 aromatic rings. The first kappa shape index (κ1) is 23.3. The number of hydrogen-bond acceptors (Lipinski definition) is 4. The van der Waals surface area contributed by atoms with Gasteiger partial charge in [-0.2, -0.15) is 0 Å². The summed E-state index contributed by atoms with van der Waals surface area (Å²) in [6, 6.07) is 11.0. The molecule has 1 aliphatic rings. The first-order valence-electron chi connectivity index (χ1n) is 11.7. The third-order valence-corrected chi connectivity index (χ3v) is 6.43. The van der Waals surface area contributed by atoms with Crippen molar-refractivity contribution in [1.29, 1.82) is 0 Å². The molecule has 31 heavy (non-hydrogen) atoms. The predicted molar refractivity (Wildman–Crippen MR) is 127 cm³/mol. The first-order valence-corrected chi connectivity index (χ1v) is 11.7. The van der Waals surface area contributed by atoms with Crippen LogP contribution in [0.2, 0.25) is 0 Å². The number of nitrogens with one attached hydrogen (secondary N) is 2. The highest BCUT2D eigenvalue weighted by Crippen LogP contribution is 2.21. The predicted octanol–water partition coefficient (Wildman–Crippen LogP) is 4.25. The van der Waals surface area contributed by atoms with E-state index in [9.17, 15) is 0 Å². The average Bonchev–Trinajstić information content (AvgIpc) is 3.09. The van der Waals surface area contributed by atoms with Gasteiger partial charge < -0.3 is 15.1 Å². The van der Waals surface area contributed by atoms with Gasteiger partial charge in [-0.15, -0.1) is 0 Å². The fourth-order valence-electron chi connectivity index (χ4n) is 4.05. The van der Waals surface area contributed by atoms with E-state index in [1.54, 1.807) is 0 Å². The molecule has 2 atom stereocenters. The van der Waals surface area contributed by atoms with Crippen LogP contribution in [0.15, 0.2) is 39.7 Å². The second-order valence-corrected chi connectivity index (χ2v) is 8.82. The average molecular weight is 426 g/mol. The van der Waals surface area contributed by atoms with Crippen LogP contribution in [0.3, 0.4) is 0 Å². The second kappa shape index (κ2) is 11.3. The molecule has 0 aliphatic carbocycles. The molecule has 0 bridgehead atoms. The van der Waals surface area contributed by atoms with Gasteiger partial charge in [0.05, 0.1) is 12.2 Å². The van der Waals surface area contributed by atoms with Crippen molar-refractivity contribution in [2.75, 3.05) is 26.2 Å². The number of aliphatic imine (C=N–C) groups is 1. The Labute approximate surface area is 187 Å². The number of guanidine groups is 1. The maximum atomic E-state index is 5.75. The van der Waals surface area contributed by atoms with Crippen molar-refractivity contribution >= 4 is 5.96 Å². The van der Waals surface area contributed by atoms with Crippen LogP contribution >= 0.6 is 0 Å². The number of likely N-dealkylation sites (tertiary alicyclic amines) is 1. The van der Waals surface area contributed by atoms with Gasteiger partial charge >= 0.3 is 0 Å². The summed E-state index contributed by atoms with van der Waals surface area (Å²) in [5.41, 5.74) is 2.35. The molecular formula is C25H39N5O. The zero-order chi connectivity index (χ0) is 22.2. The van der Waals surface area contributed by atoms with Gasteiger partial charge in [0, 0.05) is 25.0 Å². The normalized spacial score (nSPS) is 18.0. The monoisotopic (exact) mass is 425 g/mol. The van der Waals surface area contributed by atoms with E-state index in [1.807, 2.05) is 13.8 Å². The van der Waals surface area contributed by atoms with Crippen molar-refractivity contribution < 1.29 is 4.42 Å². The summed E-state index contributed by atoms with van der Waals surface area (Å²) in [5, 5.41) is 7.03. The molecule has 0 amide bonds. The molecule has 170 valence electrons. The smallest absolute Gasteiger partial charge is 0.208 e. The molecule has 0 spiro atoms. The standard InChI is InChI=1S/C25H39N5O/c1-6-26-25(29-19(3)18(2)23-10-8-7-9-11-23)27-16-22-12-14-30(15-13-22)17-24-28-20(4)21(5)31-24/h7-11,18-19,22H,6,12-17H2,1-5H3,(H2,26,27,29). The minimum Gasteiger partial charge on any atom is -0.444 e. The van der Waals surface area contributed by atoms with Crippen LogP contribution in [0.5, 0.6) is 0 Å².